The fraction of sp³-hybridized carbons (Fsp3) is 1.00. The maximum Gasteiger partial charge on any atom is 0.508 e. The highest BCUT2D eigenvalue weighted by Crippen LogP contribution is 2.65. The lowest BCUT2D eigenvalue weighted by Crippen LogP contribution is -2.75. The van der Waals surface area contributed by atoms with Crippen LogP contribution in [0.15, 0.2) is 0 Å². The smallest absolute Gasteiger partial charge is 0.379 e. The second kappa shape index (κ2) is 17.9. The van der Waals surface area contributed by atoms with Crippen LogP contribution >= 0.6 is 7.82 Å². The van der Waals surface area contributed by atoms with Crippen molar-refractivity contribution < 1.29 is 102 Å². The first kappa shape index (κ1) is 47.9. The van der Waals surface area contributed by atoms with Crippen molar-refractivity contribution in [3.8, 4) is 0 Å². The van der Waals surface area contributed by atoms with Crippen molar-refractivity contribution in [2.24, 2.45) is 0 Å². The Bertz CT molecular complexity index is 1160. The van der Waals surface area contributed by atoms with E-state index in [1.54, 1.807) is 0 Å². The van der Waals surface area contributed by atoms with Crippen molar-refractivity contribution in [1.82, 2.24) is 10.1 Å². The highest BCUT2D eigenvalue weighted by Gasteiger charge is 2.95. The Labute approximate surface area is 292 Å². The van der Waals surface area contributed by atoms with Crippen molar-refractivity contribution in [3.05, 3.63) is 0 Å². The minimum atomic E-state index is -8.79. The van der Waals surface area contributed by atoms with Gasteiger partial charge in [0.25, 0.3) is 0 Å². The molecular formula is C27H38F17N2O6P. The number of hydrogen-bond donors (Lipinski definition) is 0. The summed E-state index contributed by atoms with van der Waals surface area (Å²) in [5, 5.41) is 1.33. The molecule has 0 N–H and O–H groups in total. The molecule has 0 amide bonds. The van der Waals surface area contributed by atoms with Gasteiger partial charge < -0.3 is 9.47 Å². The summed E-state index contributed by atoms with van der Waals surface area (Å²) in [6, 6.07) is 0. The number of rotatable bonds is 22. The Kier molecular flexibility index (Phi) is 16.2. The molecule has 0 aromatic rings. The topological polar surface area (TPSA) is 69.7 Å². The molecule has 0 aliphatic carbocycles. The molecule has 0 radical (unpaired) electrons. The van der Waals surface area contributed by atoms with Crippen LogP contribution in [0.25, 0.3) is 0 Å². The third-order valence-electron chi connectivity index (χ3n) is 8.10. The lowest BCUT2D eigenvalue weighted by molar-refractivity contribution is -0.464. The molecule has 2 saturated heterocycles. The zero-order valence-corrected chi connectivity index (χ0v) is 28.7. The standard InChI is InChI=1S/C27H38F17N2O6P/c1-2-3-4-5-6-7-8-9-10-19(50-53(47,51-45-11-15-48-16-12-45)52-46-13-17-49-18-14-46)20(28,29)21(30,31)22(32,33)23(34,35)24(36,37)25(38,39)26(40,41)27(42,43)44/h19H,2-18H2,1H3. The number of nitrogens with zero attached hydrogens (tertiary/aromatic N) is 2. The lowest BCUT2D eigenvalue weighted by atomic mass is 9.87. The van der Waals surface area contributed by atoms with Gasteiger partial charge in [-0.2, -0.15) is 94.0 Å². The van der Waals surface area contributed by atoms with Gasteiger partial charge in [0.1, 0.15) is 6.10 Å². The zero-order valence-electron chi connectivity index (χ0n) is 27.8. The van der Waals surface area contributed by atoms with Crippen LogP contribution < -0.4 is 0 Å². The van der Waals surface area contributed by atoms with Crippen molar-refractivity contribution in [2.75, 3.05) is 52.6 Å². The molecule has 2 rings (SSSR count). The van der Waals surface area contributed by atoms with Gasteiger partial charge in [0, 0.05) is 26.2 Å². The van der Waals surface area contributed by atoms with E-state index in [0.717, 1.165) is 19.3 Å². The van der Waals surface area contributed by atoms with Gasteiger partial charge in [-0.3, -0.25) is 4.52 Å². The van der Waals surface area contributed by atoms with E-state index >= 15 is 17.6 Å². The largest absolute Gasteiger partial charge is 0.508 e. The summed E-state index contributed by atoms with van der Waals surface area (Å²) < 4.78 is 278. The Morgan fingerprint density at radius 3 is 1.25 bits per heavy atom. The maximum atomic E-state index is 15.7. The summed E-state index contributed by atoms with van der Waals surface area (Å²) in [7, 11) is -5.84. The number of morpholine rings is 2. The Morgan fingerprint density at radius 2 is 0.868 bits per heavy atom. The molecule has 53 heavy (non-hydrogen) atoms. The molecule has 0 bridgehead atoms. The van der Waals surface area contributed by atoms with Gasteiger partial charge in [-0.15, -0.1) is 0 Å². The molecule has 2 heterocycles. The van der Waals surface area contributed by atoms with Gasteiger partial charge in [-0.1, -0.05) is 58.3 Å². The van der Waals surface area contributed by atoms with Gasteiger partial charge in [-0.05, 0) is 6.42 Å². The van der Waals surface area contributed by atoms with Crippen LogP contribution in [0.4, 0.5) is 74.6 Å². The van der Waals surface area contributed by atoms with E-state index in [0.29, 0.717) is 23.0 Å². The summed E-state index contributed by atoms with van der Waals surface area (Å²) in [5.41, 5.74) is 0. The van der Waals surface area contributed by atoms with E-state index in [4.69, 9.17) is 18.7 Å². The maximum absolute atomic E-state index is 15.7. The predicted molar refractivity (Wildman–Crippen MR) is 147 cm³/mol. The first-order chi connectivity index (χ1) is 24.1. The SMILES string of the molecule is CCCCCCCCCCC(OP(=O)(ON1CCOCC1)ON1CCOCC1)C(F)(F)C(F)(F)C(F)(F)C(F)(F)C(F)(F)C(F)(F)C(F)(F)C(F)(F)F. The molecule has 316 valence electrons. The van der Waals surface area contributed by atoms with E-state index in [9.17, 15) is 61.6 Å². The van der Waals surface area contributed by atoms with Crippen molar-refractivity contribution in [2.45, 2.75) is 118 Å². The van der Waals surface area contributed by atoms with E-state index in [1.165, 1.54) is 0 Å². The van der Waals surface area contributed by atoms with E-state index in [1.807, 2.05) is 6.92 Å². The fourth-order valence-electron chi connectivity index (χ4n) is 4.89. The average Bonchev–Trinajstić information content (AvgIpc) is 3.05. The zero-order chi connectivity index (χ0) is 40.8. The molecule has 0 aromatic heterocycles. The number of ether oxygens (including phenoxy) is 2. The number of alkyl halides is 17. The first-order valence-corrected chi connectivity index (χ1v) is 17.6. The molecule has 26 heteroatoms. The normalized spacial score (nSPS) is 19.5. The molecule has 1 atom stereocenters. The molecule has 1 unspecified atom stereocenters. The minimum Gasteiger partial charge on any atom is -0.379 e. The van der Waals surface area contributed by atoms with Crippen LogP contribution in [-0.2, 0) is 27.8 Å². The van der Waals surface area contributed by atoms with Crippen LogP contribution in [0.5, 0.6) is 0 Å². The monoisotopic (exact) mass is 840 g/mol. The van der Waals surface area contributed by atoms with Crippen LogP contribution in [0, 0.1) is 0 Å². The molecule has 0 saturated carbocycles. The Balaban J connectivity index is 2.59. The fourth-order valence-corrected chi connectivity index (χ4v) is 6.44. The quantitative estimate of drug-likeness (QED) is 0.0607. The van der Waals surface area contributed by atoms with Crippen LogP contribution in [0.1, 0.15) is 64.7 Å². The third-order valence-corrected chi connectivity index (χ3v) is 9.47. The molecule has 2 fully saturated rings. The summed E-state index contributed by atoms with van der Waals surface area (Å²) in [6.45, 7) is -0.263. The number of phosphoric acid groups is 1. The highest BCUT2D eigenvalue weighted by atomic mass is 31.2. The Morgan fingerprint density at radius 1 is 0.528 bits per heavy atom. The molecule has 2 aliphatic rings. The van der Waals surface area contributed by atoms with Crippen LogP contribution in [-0.4, -0.2) is 116 Å². The highest BCUT2D eigenvalue weighted by molar-refractivity contribution is 7.48. The van der Waals surface area contributed by atoms with Crippen molar-refractivity contribution >= 4 is 7.82 Å². The first-order valence-electron chi connectivity index (χ1n) is 16.1. The number of halogens is 17. The summed E-state index contributed by atoms with van der Waals surface area (Å²) in [6.07, 6.45) is -11.0. The van der Waals surface area contributed by atoms with Gasteiger partial charge in [0.15, 0.2) is 0 Å². The van der Waals surface area contributed by atoms with Gasteiger partial charge in [-0.25, -0.2) is 4.57 Å². The van der Waals surface area contributed by atoms with Crippen molar-refractivity contribution in [1.29, 1.82) is 0 Å². The van der Waals surface area contributed by atoms with Crippen LogP contribution in [0.2, 0.25) is 0 Å². The number of hydrogen-bond acceptors (Lipinski definition) is 8. The number of unbranched alkanes of at least 4 members (excludes halogenated alkanes) is 7. The van der Waals surface area contributed by atoms with Gasteiger partial charge >= 0.3 is 55.5 Å². The Hall–Kier alpha value is -1.24. The second-order valence-corrected chi connectivity index (χ2v) is 13.5. The third kappa shape index (κ3) is 10.2. The van der Waals surface area contributed by atoms with Crippen molar-refractivity contribution in [3.63, 3.8) is 0 Å². The van der Waals surface area contributed by atoms with E-state index < -0.39 is 74.4 Å². The van der Waals surface area contributed by atoms with E-state index in [2.05, 4.69) is 4.52 Å². The summed E-state index contributed by atoms with van der Waals surface area (Å²) in [4.78, 5) is 0. The van der Waals surface area contributed by atoms with Gasteiger partial charge in [0.05, 0.1) is 26.4 Å². The molecule has 0 aromatic carbocycles. The predicted octanol–water partition coefficient (Wildman–Crippen LogP) is 9.55. The summed E-state index contributed by atoms with van der Waals surface area (Å²) in [5.74, 6) is -58.1. The van der Waals surface area contributed by atoms with Gasteiger partial charge in [0.2, 0.25) is 0 Å². The average molecular weight is 841 g/mol. The minimum absolute atomic E-state index is 0.160. The van der Waals surface area contributed by atoms with E-state index in [-0.39, 0.29) is 65.4 Å². The molecule has 2 aliphatic heterocycles. The molecule has 0 spiro atoms. The molecule has 8 nitrogen and oxygen atoms in total. The number of hydroxylamine groups is 4. The van der Waals surface area contributed by atoms with Crippen LogP contribution in [0.3, 0.4) is 0 Å². The molecular weight excluding hydrogens is 802 g/mol. The second-order valence-electron chi connectivity index (χ2n) is 12.1. The summed E-state index contributed by atoms with van der Waals surface area (Å²) >= 11 is 0. The lowest BCUT2D eigenvalue weighted by Gasteiger charge is -2.44.